The van der Waals surface area contributed by atoms with Crippen LogP contribution in [0.2, 0.25) is 0 Å². The minimum absolute atomic E-state index is 0.233. The number of thioether (sulfide) groups is 1. The van der Waals surface area contributed by atoms with Gasteiger partial charge in [-0.3, -0.25) is 0 Å². The first kappa shape index (κ1) is 7.05. The average molecular weight is 117 g/mol. The third-order valence-electron chi connectivity index (χ3n) is 0.429. The lowest BCUT2D eigenvalue weighted by atomic mass is 10.8. The second-order valence-electron chi connectivity index (χ2n) is 1.31. The van der Waals surface area contributed by atoms with E-state index in [9.17, 15) is 0 Å². The van der Waals surface area contributed by atoms with Crippen molar-refractivity contribution in [2.75, 3.05) is 0 Å². The molecule has 0 aliphatic heterocycles. The monoisotopic (exact) mass is 117 g/mol. The molecule has 0 saturated heterocycles. The third kappa shape index (κ3) is 6.05. The molecular weight excluding hydrogens is 106 g/mol. The van der Waals surface area contributed by atoms with Gasteiger partial charge in [-0.15, -0.1) is 11.8 Å². The Morgan fingerprint density at radius 3 is 2.43 bits per heavy atom. The Hall–Kier alpha value is 0.0500. The molecular formula is C5H11NS. The first-order valence-corrected chi connectivity index (χ1v) is 3.24. The fourth-order valence-corrected chi connectivity index (χ4v) is 0.607. The summed E-state index contributed by atoms with van der Waals surface area (Å²) in [5.41, 5.74) is 5.39. The molecule has 0 saturated carbocycles. The molecule has 2 N–H and O–H groups in total. The van der Waals surface area contributed by atoms with Gasteiger partial charge >= 0.3 is 0 Å². The highest BCUT2D eigenvalue weighted by Crippen LogP contribution is 2.04. The van der Waals surface area contributed by atoms with Crippen molar-refractivity contribution in [3.05, 3.63) is 11.5 Å². The van der Waals surface area contributed by atoms with E-state index in [1.54, 1.807) is 11.8 Å². The highest BCUT2D eigenvalue weighted by Gasteiger charge is 1.83. The average Bonchev–Trinajstić information content (AvgIpc) is 1.61. The molecule has 0 aromatic heterocycles. The van der Waals surface area contributed by atoms with Crippen LogP contribution in [0, 0.1) is 0 Å². The van der Waals surface area contributed by atoms with Crippen LogP contribution in [-0.4, -0.2) is 5.37 Å². The second kappa shape index (κ2) is 4.22. The zero-order chi connectivity index (χ0) is 5.70. The molecule has 2 heteroatoms. The predicted molar refractivity (Wildman–Crippen MR) is 36.1 cm³/mol. The van der Waals surface area contributed by atoms with Crippen molar-refractivity contribution in [3.63, 3.8) is 0 Å². The molecule has 0 bridgehead atoms. The van der Waals surface area contributed by atoms with E-state index < -0.39 is 0 Å². The molecule has 1 unspecified atom stereocenters. The topological polar surface area (TPSA) is 26.0 Å². The van der Waals surface area contributed by atoms with E-state index in [-0.39, 0.29) is 5.37 Å². The smallest absolute Gasteiger partial charge is 0.0519 e. The number of allylic oxidation sites excluding steroid dienone is 1. The Morgan fingerprint density at radius 2 is 2.29 bits per heavy atom. The van der Waals surface area contributed by atoms with Gasteiger partial charge in [-0.2, -0.15) is 0 Å². The molecule has 7 heavy (non-hydrogen) atoms. The van der Waals surface area contributed by atoms with Gasteiger partial charge in [0.1, 0.15) is 0 Å². The van der Waals surface area contributed by atoms with Crippen molar-refractivity contribution in [3.8, 4) is 0 Å². The molecule has 1 nitrogen and oxygen atoms in total. The molecule has 42 valence electrons. The summed E-state index contributed by atoms with van der Waals surface area (Å²) in [5, 5.41) is 2.22. The normalized spacial score (nSPS) is 15.3. The van der Waals surface area contributed by atoms with E-state index in [1.165, 1.54) is 0 Å². The van der Waals surface area contributed by atoms with Crippen molar-refractivity contribution in [2.24, 2.45) is 5.73 Å². The Kier molecular flexibility index (Phi) is 4.25. The zero-order valence-corrected chi connectivity index (χ0v) is 5.53. The lowest BCUT2D eigenvalue weighted by molar-refractivity contribution is 1.05. The highest BCUT2D eigenvalue weighted by molar-refractivity contribution is 8.02. The Bertz CT molecular complexity index is 59.1. The van der Waals surface area contributed by atoms with Crippen LogP contribution in [0.15, 0.2) is 11.5 Å². The number of rotatable bonds is 2. The maximum atomic E-state index is 5.39. The highest BCUT2D eigenvalue weighted by atomic mass is 32.2. The summed E-state index contributed by atoms with van der Waals surface area (Å²) in [4.78, 5) is 0. The third-order valence-corrected chi connectivity index (χ3v) is 1.29. The lowest BCUT2D eigenvalue weighted by Gasteiger charge is -1.94. The Labute approximate surface area is 49.0 Å². The molecule has 0 rings (SSSR count). The van der Waals surface area contributed by atoms with Crippen LogP contribution in [0.5, 0.6) is 0 Å². The van der Waals surface area contributed by atoms with Gasteiger partial charge in [0.15, 0.2) is 0 Å². The van der Waals surface area contributed by atoms with Gasteiger partial charge in [-0.1, -0.05) is 6.08 Å². The van der Waals surface area contributed by atoms with Crippen LogP contribution in [0.25, 0.3) is 0 Å². The van der Waals surface area contributed by atoms with E-state index in [2.05, 4.69) is 0 Å². The maximum Gasteiger partial charge on any atom is 0.0519 e. The molecule has 0 aliphatic carbocycles. The van der Waals surface area contributed by atoms with Gasteiger partial charge in [0.25, 0.3) is 0 Å². The Morgan fingerprint density at radius 1 is 1.71 bits per heavy atom. The largest absolute Gasteiger partial charge is 0.319 e. The molecule has 1 atom stereocenters. The molecule has 0 heterocycles. The Balaban J connectivity index is 2.97. The summed E-state index contributed by atoms with van der Waals surface area (Å²) in [6, 6.07) is 0. The zero-order valence-electron chi connectivity index (χ0n) is 4.72. The van der Waals surface area contributed by atoms with E-state index in [4.69, 9.17) is 5.73 Å². The van der Waals surface area contributed by atoms with Gasteiger partial charge in [0.2, 0.25) is 0 Å². The molecule has 0 aromatic rings. The summed E-state index contributed by atoms with van der Waals surface area (Å²) in [5.74, 6) is 0. The van der Waals surface area contributed by atoms with Gasteiger partial charge in [-0.05, 0) is 19.3 Å². The van der Waals surface area contributed by atoms with Crippen LogP contribution in [0.4, 0.5) is 0 Å². The summed E-state index contributed by atoms with van der Waals surface area (Å²) < 4.78 is 0. The first-order valence-electron chi connectivity index (χ1n) is 2.29. The number of nitrogens with two attached hydrogens (primary N) is 1. The molecule has 0 amide bonds. The van der Waals surface area contributed by atoms with Crippen molar-refractivity contribution in [1.82, 2.24) is 0 Å². The first-order chi connectivity index (χ1) is 3.27. The minimum Gasteiger partial charge on any atom is -0.319 e. The van der Waals surface area contributed by atoms with E-state index in [0.717, 1.165) is 0 Å². The maximum absolute atomic E-state index is 5.39. The molecule has 0 radical (unpaired) electrons. The SMILES string of the molecule is C/C=C\SC(C)N. The fraction of sp³-hybridized carbons (Fsp3) is 0.600. The molecule has 0 fully saturated rings. The van der Waals surface area contributed by atoms with Crippen LogP contribution in [-0.2, 0) is 0 Å². The van der Waals surface area contributed by atoms with Crippen LogP contribution >= 0.6 is 11.8 Å². The molecule has 0 aromatic carbocycles. The van der Waals surface area contributed by atoms with Crippen LogP contribution in [0.1, 0.15) is 13.8 Å². The molecule has 0 aliphatic rings. The van der Waals surface area contributed by atoms with Crippen molar-refractivity contribution in [1.29, 1.82) is 0 Å². The number of hydrogen-bond acceptors (Lipinski definition) is 2. The van der Waals surface area contributed by atoms with E-state index >= 15 is 0 Å². The standard InChI is InChI=1S/C5H11NS/c1-3-4-7-5(2)6/h3-5H,6H2,1-2H3/b4-3-. The molecule has 0 spiro atoms. The summed E-state index contributed by atoms with van der Waals surface area (Å²) >= 11 is 1.63. The van der Waals surface area contributed by atoms with Gasteiger partial charge in [0, 0.05) is 0 Å². The van der Waals surface area contributed by atoms with Crippen molar-refractivity contribution >= 4 is 11.8 Å². The quantitative estimate of drug-likeness (QED) is 0.555. The second-order valence-corrected chi connectivity index (χ2v) is 2.60. The fourth-order valence-electron chi connectivity index (χ4n) is 0.202. The van der Waals surface area contributed by atoms with Gasteiger partial charge < -0.3 is 5.73 Å². The van der Waals surface area contributed by atoms with Crippen molar-refractivity contribution in [2.45, 2.75) is 19.2 Å². The van der Waals surface area contributed by atoms with Crippen LogP contribution < -0.4 is 5.73 Å². The summed E-state index contributed by atoms with van der Waals surface area (Å²) in [6.45, 7) is 3.94. The van der Waals surface area contributed by atoms with E-state index in [0.29, 0.717) is 0 Å². The summed E-state index contributed by atoms with van der Waals surface area (Å²) in [6.07, 6.45) is 1.98. The summed E-state index contributed by atoms with van der Waals surface area (Å²) in [7, 11) is 0. The van der Waals surface area contributed by atoms with Crippen molar-refractivity contribution < 1.29 is 0 Å². The van der Waals surface area contributed by atoms with Gasteiger partial charge in [-0.25, -0.2) is 0 Å². The lowest BCUT2D eigenvalue weighted by Crippen LogP contribution is -2.07. The van der Waals surface area contributed by atoms with E-state index in [1.807, 2.05) is 25.3 Å². The predicted octanol–water partition coefficient (Wildman–Crippen LogP) is 1.56. The minimum atomic E-state index is 0.233. The van der Waals surface area contributed by atoms with Gasteiger partial charge in [0.05, 0.1) is 5.37 Å². The van der Waals surface area contributed by atoms with Crippen LogP contribution in [0.3, 0.4) is 0 Å². The number of hydrogen-bond donors (Lipinski definition) is 1.